The van der Waals surface area contributed by atoms with Crippen molar-refractivity contribution >= 4 is 6.29 Å². The fourth-order valence-corrected chi connectivity index (χ4v) is 1.05. The topological polar surface area (TPSA) is 26.3 Å². The highest BCUT2D eigenvalue weighted by Crippen LogP contribution is 2.32. The smallest absolute Gasteiger partial charge is 0.119 e. The number of unbranched alkanes of at least 4 members (excludes halogenated alkanes) is 3. The van der Waals surface area contributed by atoms with Crippen LogP contribution in [0.15, 0.2) is 0 Å². The number of carbonyl (C=O) groups excluding carboxylic acids is 1. The molecule has 0 bridgehead atoms. The van der Waals surface area contributed by atoms with E-state index in [4.69, 9.17) is 4.74 Å². The minimum atomic E-state index is -0.0857. The molecule has 90 valence electrons. The SMILES string of the molecule is CC(C)(C)C(C)(C)OCCCCCC=O. The van der Waals surface area contributed by atoms with Crippen molar-refractivity contribution in [3.8, 4) is 0 Å². The van der Waals surface area contributed by atoms with E-state index in [1.54, 1.807) is 0 Å². The molecule has 0 aromatic heterocycles. The summed E-state index contributed by atoms with van der Waals surface area (Å²) < 4.78 is 5.89. The number of ether oxygens (including phenoxy) is 1. The highest BCUT2D eigenvalue weighted by molar-refractivity contribution is 5.48. The summed E-state index contributed by atoms with van der Waals surface area (Å²) in [6, 6.07) is 0. The van der Waals surface area contributed by atoms with E-state index in [1.807, 2.05) is 0 Å². The van der Waals surface area contributed by atoms with Crippen molar-refractivity contribution in [2.75, 3.05) is 6.61 Å². The Kier molecular flexibility index (Phi) is 6.11. The summed E-state index contributed by atoms with van der Waals surface area (Å²) in [7, 11) is 0. The Morgan fingerprint density at radius 2 is 1.60 bits per heavy atom. The summed E-state index contributed by atoms with van der Waals surface area (Å²) in [5, 5.41) is 0. The van der Waals surface area contributed by atoms with Gasteiger partial charge >= 0.3 is 0 Å². The fourth-order valence-electron chi connectivity index (χ4n) is 1.05. The molecule has 0 aromatic carbocycles. The molecule has 0 atom stereocenters. The molecule has 0 saturated carbocycles. The maximum absolute atomic E-state index is 10.1. The van der Waals surface area contributed by atoms with Crippen LogP contribution in [0.25, 0.3) is 0 Å². The fraction of sp³-hybridized carbons (Fsp3) is 0.923. The van der Waals surface area contributed by atoms with Gasteiger partial charge in [-0.1, -0.05) is 27.2 Å². The minimum Gasteiger partial charge on any atom is -0.375 e. The summed E-state index contributed by atoms with van der Waals surface area (Å²) in [5.74, 6) is 0. The van der Waals surface area contributed by atoms with Gasteiger partial charge in [0.1, 0.15) is 6.29 Å². The Balaban J connectivity index is 3.62. The van der Waals surface area contributed by atoms with E-state index in [0.717, 1.165) is 32.2 Å². The first-order valence-electron chi connectivity index (χ1n) is 5.89. The second kappa shape index (κ2) is 6.26. The zero-order chi connectivity index (χ0) is 11.9. The van der Waals surface area contributed by atoms with Gasteiger partial charge in [-0.05, 0) is 32.1 Å². The number of aldehydes is 1. The van der Waals surface area contributed by atoms with Crippen LogP contribution in [0.1, 0.15) is 60.3 Å². The van der Waals surface area contributed by atoms with E-state index in [2.05, 4.69) is 34.6 Å². The first-order chi connectivity index (χ1) is 6.81. The molecule has 0 unspecified atom stereocenters. The van der Waals surface area contributed by atoms with Crippen LogP contribution in [0.5, 0.6) is 0 Å². The number of hydrogen-bond acceptors (Lipinski definition) is 2. The van der Waals surface area contributed by atoms with Gasteiger partial charge in [-0.2, -0.15) is 0 Å². The van der Waals surface area contributed by atoms with E-state index < -0.39 is 0 Å². The predicted molar refractivity (Wildman–Crippen MR) is 64.0 cm³/mol. The first kappa shape index (κ1) is 14.6. The minimum absolute atomic E-state index is 0.0857. The second-order valence-electron chi connectivity index (χ2n) is 5.62. The average Bonchev–Trinajstić information content (AvgIpc) is 2.09. The third-order valence-electron chi connectivity index (χ3n) is 3.24. The summed E-state index contributed by atoms with van der Waals surface area (Å²) >= 11 is 0. The third-order valence-corrected chi connectivity index (χ3v) is 3.24. The Bertz CT molecular complexity index is 177. The average molecular weight is 214 g/mol. The van der Waals surface area contributed by atoms with Gasteiger partial charge in [-0.15, -0.1) is 0 Å². The van der Waals surface area contributed by atoms with Crippen LogP contribution in [-0.2, 0) is 9.53 Å². The van der Waals surface area contributed by atoms with Gasteiger partial charge in [0, 0.05) is 13.0 Å². The molecular weight excluding hydrogens is 188 g/mol. The highest BCUT2D eigenvalue weighted by Gasteiger charge is 2.33. The summed E-state index contributed by atoms with van der Waals surface area (Å²) in [4.78, 5) is 10.1. The van der Waals surface area contributed by atoms with Crippen molar-refractivity contribution in [1.82, 2.24) is 0 Å². The van der Waals surface area contributed by atoms with Gasteiger partial charge in [0.25, 0.3) is 0 Å². The molecule has 0 N–H and O–H groups in total. The van der Waals surface area contributed by atoms with Crippen molar-refractivity contribution in [3.63, 3.8) is 0 Å². The lowest BCUT2D eigenvalue weighted by atomic mass is 9.79. The van der Waals surface area contributed by atoms with Crippen LogP contribution < -0.4 is 0 Å². The molecule has 0 fully saturated rings. The van der Waals surface area contributed by atoms with Gasteiger partial charge in [0.05, 0.1) is 5.60 Å². The lowest BCUT2D eigenvalue weighted by molar-refractivity contribution is -0.108. The molecule has 0 saturated heterocycles. The predicted octanol–water partition coefficient (Wildman–Crippen LogP) is 3.59. The van der Waals surface area contributed by atoms with Gasteiger partial charge in [0.15, 0.2) is 0 Å². The quantitative estimate of drug-likeness (QED) is 0.478. The monoisotopic (exact) mass is 214 g/mol. The summed E-state index contributed by atoms with van der Waals surface area (Å²) in [6.07, 6.45) is 4.79. The van der Waals surface area contributed by atoms with Crippen LogP contribution in [-0.4, -0.2) is 18.5 Å². The molecule has 0 aromatic rings. The molecular formula is C13H26O2. The largest absolute Gasteiger partial charge is 0.375 e. The first-order valence-corrected chi connectivity index (χ1v) is 5.89. The van der Waals surface area contributed by atoms with Gasteiger partial charge in [-0.25, -0.2) is 0 Å². The van der Waals surface area contributed by atoms with Crippen molar-refractivity contribution in [1.29, 1.82) is 0 Å². The summed E-state index contributed by atoms with van der Waals surface area (Å²) in [6.45, 7) is 11.7. The van der Waals surface area contributed by atoms with E-state index in [0.29, 0.717) is 6.42 Å². The molecule has 0 rings (SSSR count). The van der Waals surface area contributed by atoms with Gasteiger partial charge in [-0.3, -0.25) is 0 Å². The van der Waals surface area contributed by atoms with E-state index in [-0.39, 0.29) is 11.0 Å². The normalized spacial score (nSPS) is 12.9. The zero-order valence-electron chi connectivity index (χ0n) is 10.9. The standard InChI is InChI=1S/C13H26O2/c1-12(2,3)13(4,5)15-11-9-7-6-8-10-14/h10H,6-9,11H2,1-5H3. The number of carbonyl (C=O) groups is 1. The molecule has 0 aliphatic heterocycles. The molecule has 0 spiro atoms. The zero-order valence-corrected chi connectivity index (χ0v) is 10.9. The molecule has 15 heavy (non-hydrogen) atoms. The molecule has 0 amide bonds. The maximum Gasteiger partial charge on any atom is 0.119 e. The molecule has 2 nitrogen and oxygen atoms in total. The van der Waals surface area contributed by atoms with Crippen LogP contribution in [0.2, 0.25) is 0 Å². The lowest BCUT2D eigenvalue weighted by Crippen LogP contribution is -2.39. The Labute approximate surface area is 94.4 Å². The van der Waals surface area contributed by atoms with Gasteiger partial charge < -0.3 is 9.53 Å². The number of rotatable bonds is 7. The molecule has 0 aliphatic carbocycles. The molecule has 0 heterocycles. The van der Waals surface area contributed by atoms with Gasteiger partial charge in [0.2, 0.25) is 0 Å². The second-order valence-corrected chi connectivity index (χ2v) is 5.62. The Morgan fingerprint density at radius 3 is 2.07 bits per heavy atom. The lowest BCUT2D eigenvalue weighted by Gasteiger charge is -2.38. The van der Waals surface area contributed by atoms with Crippen molar-refractivity contribution in [2.45, 2.75) is 65.9 Å². The van der Waals surface area contributed by atoms with Crippen molar-refractivity contribution < 1.29 is 9.53 Å². The van der Waals surface area contributed by atoms with Crippen LogP contribution in [0.4, 0.5) is 0 Å². The Morgan fingerprint density at radius 1 is 1.00 bits per heavy atom. The van der Waals surface area contributed by atoms with E-state index >= 15 is 0 Å². The van der Waals surface area contributed by atoms with E-state index in [9.17, 15) is 4.79 Å². The summed E-state index contributed by atoms with van der Waals surface area (Å²) in [5.41, 5.74) is 0.0768. The third kappa shape index (κ3) is 5.93. The maximum atomic E-state index is 10.1. The van der Waals surface area contributed by atoms with Crippen LogP contribution >= 0.6 is 0 Å². The Hall–Kier alpha value is -0.370. The highest BCUT2D eigenvalue weighted by atomic mass is 16.5. The van der Waals surface area contributed by atoms with Crippen LogP contribution in [0.3, 0.4) is 0 Å². The number of hydrogen-bond donors (Lipinski definition) is 0. The van der Waals surface area contributed by atoms with Crippen LogP contribution in [0, 0.1) is 5.41 Å². The van der Waals surface area contributed by atoms with Crippen molar-refractivity contribution in [3.05, 3.63) is 0 Å². The van der Waals surface area contributed by atoms with Crippen molar-refractivity contribution in [2.24, 2.45) is 5.41 Å². The molecule has 2 heteroatoms. The van der Waals surface area contributed by atoms with E-state index in [1.165, 1.54) is 0 Å². The molecule has 0 aliphatic rings. The molecule has 0 radical (unpaired) electrons.